The third-order valence-corrected chi connectivity index (χ3v) is 3.70. The lowest BCUT2D eigenvalue weighted by Crippen LogP contribution is -2.16. The lowest BCUT2D eigenvalue weighted by Gasteiger charge is -2.15. The van der Waals surface area contributed by atoms with Crippen LogP contribution in [0, 0.1) is 30.2 Å². The van der Waals surface area contributed by atoms with E-state index in [4.69, 9.17) is 4.74 Å². The van der Waals surface area contributed by atoms with Gasteiger partial charge in [-0.05, 0) is 43.3 Å². The van der Waals surface area contributed by atoms with Crippen molar-refractivity contribution < 1.29 is 27.1 Å². The van der Waals surface area contributed by atoms with Crippen LogP contribution in [-0.4, -0.2) is 10.9 Å². The van der Waals surface area contributed by atoms with Crippen LogP contribution in [0.4, 0.5) is 23.2 Å². The first-order valence-corrected chi connectivity index (χ1v) is 7.70. The number of carbonyl (C=O) groups is 1. The van der Waals surface area contributed by atoms with Crippen LogP contribution in [0.1, 0.15) is 15.9 Å². The van der Waals surface area contributed by atoms with Crippen LogP contribution in [0.5, 0.6) is 11.5 Å². The van der Waals surface area contributed by atoms with Gasteiger partial charge in [0, 0.05) is 17.3 Å². The summed E-state index contributed by atoms with van der Waals surface area (Å²) in [4.78, 5) is 15.9. The molecule has 0 atom stereocenters. The second-order valence-electron chi connectivity index (χ2n) is 5.52. The predicted octanol–water partition coefficient (Wildman–Crippen LogP) is 4.99. The number of anilines is 1. The van der Waals surface area contributed by atoms with Crippen molar-refractivity contribution in [2.75, 3.05) is 5.32 Å². The molecule has 1 aromatic heterocycles. The smallest absolute Gasteiger partial charge is 0.255 e. The molecule has 1 N–H and O–H groups in total. The van der Waals surface area contributed by atoms with Gasteiger partial charge < -0.3 is 10.1 Å². The fraction of sp³-hybridized carbons (Fsp3) is 0.0526. The van der Waals surface area contributed by atoms with Crippen molar-refractivity contribution in [1.29, 1.82) is 0 Å². The maximum absolute atomic E-state index is 14.7. The standard InChI is InChI=1S/C19H12F4N2O2/c1-10-14(21)17(25-19(26)11-4-6-12(20)7-5-11)16(23)18(15(10)22)27-13-3-2-8-24-9-13/h2-9H,1H3,(H,25,26). The molecule has 0 saturated carbocycles. The molecule has 0 aliphatic carbocycles. The Bertz CT molecular complexity index is 993. The van der Waals surface area contributed by atoms with Gasteiger partial charge in [0.25, 0.3) is 5.91 Å². The first-order valence-electron chi connectivity index (χ1n) is 7.70. The van der Waals surface area contributed by atoms with E-state index in [-0.39, 0.29) is 11.3 Å². The predicted molar refractivity (Wildman–Crippen MR) is 89.7 cm³/mol. The molecule has 8 heteroatoms. The zero-order valence-corrected chi connectivity index (χ0v) is 13.9. The zero-order valence-electron chi connectivity index (χ0n) is 13.9. The molecule has 4 nitrogen and oxygen atoms in total. The molecule has 3 rings (SSSR count). The van der Waals surface area contributed by atoms with Crippen LogP contribution < -0.4 is 10.1 Å². The Kier molecular flexibility index (Phi) is 5.07. The van der Waals surface area contributed by atoms with Gasteiger partial charge in [0.1, 0.15) is 17.3 Å². The summed E-state index contributed by atoms with van der Waals surface area (Å²) in [6.07, 6.45) is 2.65. The number of nitrogens with one attached hydrogen (secondary N) is 1. The molecule has 27 heavy (non-hydrogen) atoms. The van der Waals surface area contributed by atoms with Crippen molar-refractivity contribution in [2.45, 2.75) is 6.92 Å². The SMILES string of the molecule is Cc1c(F)c(NC(=O)c2ccc(F)cc2)c(F)c(Oc2cccnc2)c1F. The van der Waals surface area contributed by atoms with Gasteiger partial charge in [0.15, 0.2) is 17.5 Å². The monoisotopic (exact) mass is 376 g/mol. The third kappa shape index (κ3) is 3.74. The molecule has 0 radical (unpaired) electrons. The number of ether oxygens (including phenoxy) is 1. The molecule has 0 aliphatic rings. The average Bonchev–Trinajstić information content (AvgIpc) is 2.68. The van der Waals surface area contributed by atoms with Crippen LogP contribution in [-0.2, 0) is 0 Å². The van der Waals surface area contributed by atoms with E-state index in [0.29, 0.717) is 0 Å². The van der Waals surface area contributed by atoms with Gasteiger partial charge in [-0.15, -0.1) is 0 Å². The van der Waals surface area contributed by atoms with Gasteiger partial charge >= 0.3 is 0 Å². The van der Waals surface area contributed by atoms with Crippen molar-refractivity contribution in [3.8, 4) is 11.5 Å². The van der Waals surface area contributed by atoms with E-state index in [1.54, 1.807) is 0 Å². The van der Waals surface area contributed by atoms with Gasteiger partial charge in [0.2, 0.25) is 5.75 Å². The summed E-state index contributed by atoms with van der Waals surface area (Å²) < 4.78 is 61.5. The first kappa shape index (κ1) is 18.4. The van der Waals surface area contributed by atoms with Crippen molar-refractivity contribution in [1.82, 2.24) is 4.98 Å². The molecule has 0 fully saturated rings. The number of carbonyl (C=O) groups excluding carboxylic acids is 1. The molecule has 3 aromatic rings. The molecule has 1 amide bonds. The summed E-state index contributed by atoms with van der Waals surface area (Å²) in [6, 6.07) is 7.22. The van der Waals surface area contributed by atoms with E-state index in [0.717, 1.165) is 31.2 Å². The number of pyridine rings is 1. The van der Waals surface area contributed by atoms with E-state index in [9.17, 15) is 22.4 Å². The summed E-state index contributed by atoms with van der Waals surface area (Å²) in [6.45, 7) is 1.08. The van der Waals surface area contributed by atoms with Crippen LogP contribution in [0.25, 0.3) is 0 Å². The molecular formula is C19H12F4N2O2. The fourth-order valence-electron chi connectivity index (χ4n) is 2.27. The van der Waals surface area contributed by atoms with Crippen LogP contribution >= 0.6 is 0 Å². The van der Waals surface area contributed by atoms with E-state index in [1.165, 1.54) is 24.5 Å². The van der Waals surface area contributed by atoms with Crippen LogP contribution in [0.3, 0.4) is 0 Å². The number of aromatic nitrogens is 1. The molecule has 0 unspecified atom stereocenters. The highest BCUT2D eigenvalue weighted by Crippen LogP contribution is 2.36. The molecular weight excluding hydrogens is 364 g/mol. The summed E-state index contributed by atoms with van der Waals surface area (Å²) in [5.74, 6) is -6.27. The molecule has 1 heterocycles. The van der Waals surface area contributed by atoms with Gasteiger partial charge in [0.05, 0.1) is 6.20 Å². The van der Waals surface area contributed by atoms with Gasteiger partial charge in [-0.1, -0.05) is 0 Å². The minimum absolute atomic E-state index is 0.0251. The second kappa shape index (κ2) is 7.45. The minimum atomic E-state index is -1.42. The van der Waals surface area contributed by atoms with Gasteiger partial charge in [-0.3, -0.25) is 9.78 Å². The van der Waals surface area contributed by atoms with Gasteiger partial charge in [-0.25, -0.2) is 17.6 Å². The normalized spacial score (nSPS) is 10.6. The minimum Gasteiger partial charge on any atom is -0.449 e. The van der Waals surface area contributed by atoms with E-state index in [1.807, 2.05) is 5.32 Å². The molecule has 0 aliphatic heterocycles. The largest absolute Gasteiger partial charge is 0.449 e. The van der Waals surface area contributed by atoms with Crippen molar-refractivity contribution in [3.05, 3.63) is 83.2 Å². The lowest BCUT2D eigenvalue weighted by molar-refractivity contribution is 0.102. The number of amides is 1. The summed E-state index contributed by atoms with van der Waals surface area (Å²) in [7, 11) is 0. The van der Waals surface area contributed by atoms with Crippen LogP contribution in [0.2, 0.25) is 0 Å². The number of hydrogen-bond donors (Lipinski definition) is 1. The molecule has 0 spiro atoms. The molecule has 0 saturated heterocycles. The van der Waals surface area contributed by atoms with E-state index in [2.05, 4.69) is 4.98 Å². The Morgan fingerprint density at radius 1 is 1.00 bits per heavy atom. The maximum atomic E-state index is 14.7. The Labute approximate surface area is 151 Å². The Morgan fingerprint density at radius 3 is 2.33 bits per heavy atom. The Balaban J connectivity index is 1.99. The van der Waals surface area contributed by atoms with Crippen molar-refractivity contribution in [2.24, 2.45) is 0 Å². The number of nitrogens with zero attached hydrogens (tertiary/aromatic N) is 1. The first-order chi connectivity index (χ1) is 12.9. The average molecular weight is 376 g/mol. The number of benzene rings is 2. The highest BCUT2D eigenvalue weighted by molar-refractivity contribution is 6.04. The Morgan fingerprint density at radius 2 is 1.70 bits per heavy atom. The second-order valence-corrected chi connectivity index (χ2v) is 5.52. The Hall–Kier alpha value is -3.42. The topological polar surface area (TPSA) is 51.2 Å². The number of hydrogen-bond acceptors (Lipinski definition) is 3. The summed E-state index contributed by atoms with van der Waals surface area (Å²) in [5.41, 5.74) is -1.45. The van der Waals surface area contributed by atoms with Crippen LogP contribution in [0.15, 0.2) is 48.8 Å². The molecule has 0 bridgehead atoms. The van der Waals surface area contributed by atoms with E-state index < -0.39 is 46.2 Å². The molecule has 138 valence electrons. The number of rotatable bonds is 4. The van der Waals surface area contributed by atoms with Crippen molar-refractivity contribution in [3.63, 3.8) is 0 Å². The third-order valence-electron chi connectivity index (χ3n) is 3.70. The molecule has 2 aromatic carbocycles. The van der Waals surface area contributed by atoms with Gasteiger partial charge in [-0.2, -0.15) is 0 Å². The zero-order chi connectivity index (χ0) is 19.6. The summed E-state index contributed by atoms with van der Waals surface area (Å²) in [5, 5.41) is 2.03. The fourth-order valence-corrected chi connectivity index (χ4v) is 2.27. The quantitative estimate of drug-likeness (QED) is 0.653. The summed E-state index contributed by atoms with van der Waals surface area (Å²) >= 11 is 0. The lowest BCUT2D eigenvalue weighted by atomic mass is 10.1. The number of halogens is 4. The van der Waals surface area contributed by atoms with E-state index >= 15 is 0 Å². The highest BCUT2D eigenvalue weighted by atomic mass is 19.1. The maximum Gasteiger partial charge on any atom is 0.255 e. The van der Waals surface area contributed by atoms with Crippen molar-refractivity contribution >= 4 is 11.6 Å². The highest BCUT2D eigenvalue weighted by Gasteiger charge is 2.26.